The second-order valence-electron chi connectivity index (χ2n) is 12.7. The number of nitrogens with zero attached hydrogens (tertiary/aromatic N) is 1. The molecule has 4 N–H and O–H groups in total. The zero-order valence-electron chi connectivity index (χ0n) is 26.5. The van der Waals surface area contributed by atoms with Crippen LogP contribution in [0.3, 0.4) is 0 Å². The van der Waals surface area contributed by atoms with Crippen LogP contribution in [0.2, 0.25) is 0 Å². The van der Waals surface area contributed by atoms with Gasteiger partial charge in [-0.3, -0.25) is 14.4 Å². The highest BCUT2D eigenvalue weighted by molar-refractivity contribution is 5.92. The van der Waals surface area contributed by atoms with Gasteiger partial charge in [0.25, 0.3) is 0 Å². The predicted octanol–water partition coefficient (Wildman–Crippen LogP) is 5.83. The van der Waals surface area contributed by atoms with Crippen molar-refractivity contribution in [3.8, 4) is 0 Å². The number of primary amides is 1. The minimum absolute atomic E-state index is 0.00523. The van der Waals surface area contributed by atoms with Gasteiger partial charge in [-0.15, -0.1) is 0 Å². The molecule has 1 fully saturated rings. The van der Waals surface area contributed by atoms with Gasteiger partial charge in [0.05, 0.1) is 0 Å². The summed E-state index contributed by atoms with van der Waals surface area (Å²) in [5.41, 5.74) is 6.41. The Kier molecular flexibility index (Phi) is 14.8. The van der Waals surface area contributed by atoms with Gasteiger partial charge in [0, 0.05) is 19.0 Å². The second-order valence-corrected chi connectivity index (χ2v) is 12.7. The number of rotatable bonds is 16. The Morgan fingerprint density at radius 2 is 1.60 bits per heavy atom. The monoisotopic (exact) mass is 586 g/mol. The van der Waals surface area contributed by atoms with Crippen molar-refractivity contribution in [3.63, 3.8) is 0 Å². The van der Waals surface area contributed by atoms with Gasteiger partial charge in [-0.2, -0.15) is 0 Å². The number of hydrogen-bond donors (Lipinski definition) is 3. The maximum atomic E-state index is 14.3. The Morgan fingerprint density at radius 1 is 0.976 bits per heavy atom. The fourth-order valence-electron chi connectivity index (χ4n) is 5.37. The van der Waals surface area contributed by atoms with Crippen LogP contribution < -0.4 is 16.4 Å². The van der Waals surface area contributed by atoms with E-state index in [0.29, 0.717) is 18.5 Å². The van der Waals surface area contributed by atoms with E-state index in [4.69, 9.17) is 10.5 Å². The number of alkyl carbamates (subject to hydrolysis) is 1. The van der Waals surface area contributed by atoms with E-state index in [-0.39, 0.29) is 24.8 Å². The lowest BCUT2D eigenvalue weighted by Crippen LogP contribution is -2.54. The molecule has 236 valence electrons. The number of benzene rings is 1. The van der Waals surface area contributed by atoms with Crippen LogP contribution in [-0.4, -0.2) is 52.9 Å². The summed E-state index contributed by atoms with van der Waals surface area (Å²) >= 11 is 0. The average molecular weight is 587 g/mol. The van der Waals surface area contributed by atoms with Gasteiger partial charge in [0.2, 0.25) is 17.7 Å². The van der Waals surface area contributed by atoms with Crippen LogP contribution in [0.5, 0.6) is 0 Å². The zero-order valence-corrected chi connectivity index (χ0v) is 26.5. The minimum atomic E-state index is -1.08. The summed E-state index contributed by atoms with van der Waals surface area (Å²) < 4.78 is 5.43. The molecule has 0 saturated heterocycles. The number of unbranched alkanes of at least 4 members (excludes halogenated alkanes) is 5. The summed E-state index contributed by atoms with van der Waals surface area (Å²) in [6.45, 7) is 9.69. The third-order valence-corrected chi connectivity index (χ3v) is 7.61. The van der Waals surface area contributed by atoms with Crippen LogP contribution in [0.25, 0.3) is 0 Å². The number of amides is 4. The van der Waals surface area contributed by atoms with E-state index >= 15 is 0 Å². The average Bonchev–Trinajstić information content (AvgIpc) is 2.92. The van der Waals surface area contributed by atoms with Crippen LogP contribution >= 0.6 is 0 Å². The molecule has 4 amide bonds. The number of nitrogens with two attached hydrogens (primary N) is 1. The van der Waals surface area contributed by atoms with Crippen molar-refractivity contribution in [2.24, 2.45) is 5.73 Å². The van der Waals surface area contributed by atoms with Gasteiger partial charge in [-0.1, -0.05) is 88.1 Å². The molecule has 42 heavy (non-hydrogen) atoms. The summed E-state index contributed by atoms with van der Waals surface area (Å²) in [5, 5.41) is 5.90. The molecule has 1 aromatic rings. The first kappa shape index (κ1) is 35.1. The van der Waals surface area contributed by atoms with Gasteiger partial charge in [0.1, 0.15) is 17.7 Å². The highest BCUT2D eigenvalue weighted by Gasteiger charge is 2.37. The van der Waals surface area contributed by atoms with E-state index in [1.165, 1.54) is 0 Å². The minimum Gasteiger partial charge on any atom is -0.444 e. The summed E-state index contributed by atoms with van der Waals surface area (Å²) in [6.07, 6.45) is 10.4. The van der Waals surface area contributed by atoms with Crippen LogP contribution in [-0.2, 0) is 19.1 Å². The number of hydrogen-bond acceptors (Lipinski definition) is 5. The summed E-state index contributed by atoms with van der Waals surface area (Å²) in [5.74, 6) is -1.23. The van der Waals surface area contributed by atoms with E-state index in [1.54, 1.807) is 25.7 Å². The Labute approximate surface area is 252 Å². The summed E-state index contributed by atoms with van der Waals surface area (Å²) in [7, 11) is 0. The van der Waals surface area contributed by atoms with Gasteiger partial charge in [-0.05, 0) is 58.9 Å². The number of carbonyl (C=O) groups is 4. The first-order chi connectivity index (χ1) is 19.9. The second kappa shape index (κ2) is 17.8. The smallest absolute Gasteiger partial charge is 0.408 e. The molecule has 9 nitrogen and oxygen atoms in total. The molecule has 0 spiro atoms. The lowest BCUT2D eigenvalue weighted by Gasteiger charge is -2.36. The lowest BCUT2D eigenvalue weighted by molar-refractivity contribution is -0.143. The molecule has 0 aromatic heterocycles. The maximum Gasteiger partial charge on any atom is 0.408 e. The standard InChI is InChI=1S/C33H54N4O5/c1-6-7-8-9-10-14-23-37(31(40)27(21-22-28(34)38)36-32(41)42-33(3,4)5)29(25-19-17-24(2)18-20-25)30(39)35-26-15-12-11-13-16-26/h17-20,26-27,29H,6-16,21-23H2,1-5H3,(H2,34,38)(H,35,39)(H,36,41). The molecule has 0 radical (unpaired) electrons. The Hall–Kier alpha value is -3.10. The molecule has 1 saturated carbocycles. The fourth-order valence-corrected chi connectivity index (χ4v) is 5.37. The molecule has 1 aliphatic carbocycles. The van der Waals surface area contributed by atoms with Crippen molar-refractivity contribution >= 4 is 23.8 Å². The lowest BCUT2D eigenvalue weighted by atomic mass is 9.94. The number of nitrogens with one attached hydrogen (secondary N) is 2. The molecule has 0 bridgehead atoms. The molecule has 2 rings (SSSR count). The van der Waals surface area contributed by atoms with Crippen molar-refractivity contribution in [3.05, 3.63) is 35.4 Å². The highest BCUT2D eigenvalue weighted by Crippen LogP contribution is 2.26. The van der Waals surface area contributed by atoms with Crippen LogP contribution in [0.1, 0.15) is 128 Å². The number of ether oxygens (including phenoxy) is 1. The molecular formula is C33H54N4O5. The SMILES string of the molecule is CCCCCCCCN(C(=O)C(CCC(N)=O)NC(=O)OC(C)(C)C)C(C(=O)NC1CCCCC1)c1ccc(C)cc1. The largest absolute Gasteiger partial charge is 0.444 e. The summed E-state index contributed by atoms with van der Waals surface area (Å²) in [4.78, 5) is 54.4. The first-order valence-corrected chi connectivity index (χ1v) is 15.9. The topological polar surface area (TPSA) is 131 Å². The molecule has 9 heteroatoms. The Balaban J connectivity index is 2.44. The molecule has 1 aliphatic rings. The predicted molar refractivity (Wildman–Crippen MR) is 166 cm³/mol. The molecule has 1 aromatic carbocycles. The highest BCUT2D eigenvalue weighted by atomic mass is 16.6. The summed E-state index contributed by atoms with van der Waals surface area (Å²) in [6, 6.07) is 5.76. The van der Waals surface area contributed by atoms with Crippen molar-refractivity contribution < 1.29 is 23.9 Å². The Bertz CT molecular complexity index is 999. The van der Waals surface area contributed by atoms with Gasteiger partial charge in [0.15, 0.2) is 0 Å². The van der Waals surface area contributed by atoms with E-state index < -0.39 is 35.6 Å². The molecule has 0 aliphatic heterocycles. The zero-order chi connectivity index (χ0) is 31.1. The number of aryl methyl sites for hydroxylation is 1. The van der Waals surface area contributed by atoms with Crippen LogP contribution in [0.4, 0.5) is 4.79 Å². The number of carbonyl (C=O) groups excluding carboxylic acids is 4. The van der Waals surface area contributed by atoms with Gasteiger partial charge < -0.3 is 26.0 Å². The molecular weight excluding hydrogens is 532 g/mol. The van der Waals surface area contributed by atoms with E-state index in [2.05, 4.69) is 17.6 Å². The van der Waals surface area contributed by atoms with E-state index in [9.17, 15) is 19.2 Å². The van der Waals surface area contributed by atoms with Crippen molar-refractivity contribution in [1.82, 2.24) is 15.5 Å². The third-order valence-electron chi connectivity index (χ3n) is 7.61. The quantitative estimate of drug-likeness (QED) is 0.210. The third kappa shape index (κ3) is 12.8. The normalized spacial score (nSPS) is 15.4. The van der Waals surface area contributed by atoms with E-state index in [0.717, 1.165) is 69.8 Å². The maximum absolute atomic E-state index is 14.3. The Morgan fingerprint density at radius 3 is 2.19 bits per heavy atom. The fraction of sp³-hybridized carbons (Fsp3) is 0.697. The van der Waals surface area contributed by atoms with Crippen molar-refractivity contribution in [2.75, 3.05) is 6.54 Å². The van der Waals surface area contributed by atoms with E-state index in [1.807, 2.05) is 31.2 Å². The molecule has 0 heterocycles. The molecule has 2 unspecified atom stereocenters. The van der Waals surface area contributed by atoms with Crippen LogP contribution in [0, 0.1) is 6.92 Å². The molecule has 2 atom stereocenters. The van der Waals surface area contributed by atoms with Gasteiger partial charge in [-0.25, -0.2) is 4.79 Å². The van der Waals surface area contributed by atoms with Crippen molar-refractivity contribution in [1.29, 1.82) is 0 Å². The van der Waals surface area contributed by atoms with Gasteiger partial charge >= 0.3 is 6.09 Å². The first-order valence-electron chi connectivity index (χ1n) is 15.9. The van der Waals surface area contributed by atoms with Crippen LogP contribution in [0.15, 0.2) is 24.3 Å². The van der Waals surface area contributed by atoms with Crippen molar-refractivity contribution in [2.45, 2.75) is 142 Å².